The summed E-state index contributed by atoms with van der Waals surface area (Å²) in [5.41, 5.74) is 1.77. The van der Waals surface area contributed by atoms with E-state index in [0.29, 0.717) is 5.11 Å². The number of anilines is 1. The average molecular weight is 246 g/mol. The Morgan fingerprint density at radius 3 is 2.82 bits per heavy atom. The molecule has 1 aliphatic carbocycles. The molecule has 3 nitrogen and oxygen atoms in total. The fourth-order valence-corrected chi connectivity index (χ4v) is 1.82. The minimum Gasteiger partial charge on any atom is -0.508 e. The van der Waals surface area contributed by atoms with Crippen molar-refractivity contribution < 1.29 is 5.11 Å². The number of hydrogen-bond acceptors (Lipinski definition) is 2. The molecule has 0 aromatic heterocycles. The van der Waals surface area contributed by atoms with Crippen LogP contribution in [0.15, 0.2) is 48.2 Å². The van der Waals surface area contributed by atoms with Gasteiger partial charge in [0.1, 0.15) is 5.75 Å². The number of thiocarbonyl (C=S) groups is 1. The lowest BCUT2D eigenvalue weighted by atomic mass is 10.1. The Hall–Kier alpha value is -1.81. The Balaban J connectivity index is 1.93. The van der Waals surface area contributed by atoms with E-state index in [1.54, 1.807) is 18.2 Å². The van der Waals surface area contributed by atoms with Crippen LogP contribution in [0.2, 0.25) is 0 Å². The van der Waals surface area contributed by atoms with E-state index in [0.717, 1.165) is 24.2 Å². The van der Waals surface area contributed by atoms with Gasteiger partial charge in [0.05, 0.1) is 0 Å². The molecule has 0 unspecified atom stereocenters. The molecule has 0 bridgehead atoms. The van der Waals surface area contributed by atoms with Crippen molar-refractivity contribution in [2.75, 3.05) is 5.32 Å². The van der Waals surface area contributed by atoms with E-state index in [4.69, 9.17) is 12.2 Å². The summed E-state index contributed by atoms with van der Waals surface area (Å²) >= 11 is 5.18. The predicted molar refractivity (Wildman–Crippen MR) is 73.9 cm³/mol. The summed E-state index contributed by atoms with van der Waals surface area (Å²) in [7, 11) is 0. The van der Waals surface area contributed by atoms with Crippen molar-refractivity contribution in [3.8, 4) is 5.75 Å². The molecule has 88 valence electrons. The summed E-state index contributed by atoms with van der Waals surface area (Å²) in [5.74, 6) is 0.217. The molecular formula is C13H14N2OS. The summed E-state index contributed by atoms with van der Waals surface area (Å²) in [4.78, 5) is 0. The van der Waals surface area contributed by atoms with Crippen LogP contribution in [0, 0.1) is 0 Å². The van der Waals surface area contributed by atoms with Gasteiger partial charge in [0.25, 0.3) is 0 Å². The topological polar surface area (TPSA) is 44.3 Å². The average Bonchev–Trinajstić information content (AvgIpc) is 2.30. The van der Waals surface area contributed by atoms with Gasteiger partial charge in [-0.25, -0.2) is 0 Å². The predicted octanol–water partition coefficient (Wildman–Crippen LogP) is 2.91. The van der Waals surface area contributed by atoms with E-state index in [1.165, 1.54) is 0 Å². The molecule has 1 aromatic rings. The van der Waals surface area contributed by atoms with Gasteiger partial charge in [0.15, 0.2) is 5.11 Å². The quantitative estimate of drug-likeness (QED) is 0.702. The molecule has 0 saturated carbocycles. The monoisotopic (exact) mass is 246 g/mol. The Morgan fingerprint density at radius 2 is 2.12 bits per heavy atom. The molecule has 0 saturated heterocycles. The Kier molecular flexibility index (Phi) is 3.77. The van der Waals surface area contributed by atoms with E-state index >= 15 is 0 Å². The largest absolute Gasteiger partial charge is 0.508 e. The number of benzene rings is 1. The summed E-state index contributed by atoms with van der Waals surface area (Å²) in [6, 6.07) is 6.85. The third-order valence-corrected chi connectivity index (χ3v) is 2.56. The SMILES string of the molecule is Oc1cccc(NC(=S)NC2=CCCC=C2)c1. The van der Waals surface area contributed by atoms with Gasteiger partial charge < -0.3 is 15.7 Å². The normalized spacial score (nSPS) is 14.0. The molecular weight excluding hydrogens is 232 g/mol. The standard InChI is InChI=1S/C13H14N2OS/c16-12-8-4-7-11(9-12)15-13(17)14-10-5-2-1-3-6-10/h2,4-9,16H,1,3H2,(H2,14,15,17). The van der Waals surface area contributed by atoms with Crippen LogP contribution in [0.1, 0.15) is 12.8 Å². The highest BCUT2D eigenvalue weighted by molar-refractivity contribution is 7.80. The molecule has 0 fully saturated rings. The summed E-state index contributed by atoms with van der Waals surface area (Å²) in [5, 5.41) is 16.0. The number of hydrogen-bond donors (Lipinski definition) is 3. The zero-order valence-electron chi connectivity index (χ0n) is 9.31. The number of phenolic OH excluding ortho intramolecular Hbond substituents is 1. The van der Waals surface area contributed by atoms with Gasteiger partial charge in [-0.3, -0.25) is 0 Å². The minimum atomic E-state index is 0.217. The zero-order chi connectivity index (χ0) is 12.1. The number of phenols is 1. The molecule has 0 radical (unpaired) electrons. The molecule has 0 amide bonds. The highest BCUT2D eigenvalue weighted by atomic mass is 32.1. The van der Waals surface area contributed by atoms with Gasteiger partial charge in [-0.2, -0.15) is 0 Å². The maximum absolute atomic E-state index is 9.32. The van der Waals surface area contributed by atoms with Crippen molar-refractivity contribution in [1.29, 1.82) is 0 Å². The molecule has 1 aliphatic rings. The Bertz CT molecular complexity index is 480. The second-order valence-electron chi connectivity index (χ2n) is 3.77. The highest BCUT2D eigenvalue weighted by Crippen LogP contribution is 2.15. The lowest BCUT2D eigenvalue weighted by Gasteiger charge is -2.13. The second-order valence-corrected chi connectivity index (χ2v) is 4.18. The number of aromatic hydroxyl groups is 1. The van der Waals surface area contributed by atoms with E-state index in [1.807, 2.05) is 12.1 Å². The highest BCUT2D eigenvalue weighted by Gasteiger charge is 2.01. The van der Waals surface area contributed by atoms with Crippen LogP contribution in [-0.4, -0.2) is 10.2 Å². The Morgan fingerprint density at radius 1 is 1.24 bits per heavy atom. The third-order valence-electron chi connectivity index (χ3n) is 2.36. The molecule has 4 heteroatoms. The molecule has 17 heavy (non-hydrogen) atoms. The number of rotatable bonds is 2. The first-order chi connectivity index (χ1) is 8.24. The maximum Gasteiger partial charge on any atom is 0.175 e. The number of allylic oxidation sites excluding steroid dienone is 3. The van der Waals surface area contributed by atoms with Crippen molar-refractivity contribution in [1.82, 2.24) is 5.32 Å². The van der Waals surface area contributed by atoms with E-state index < -0.39 is 0 Å². The molecule has 0 spiro atoms. The summed E-state index contributed by atoms with van der Waals surface area (Å²) < 4.78 is 0. The van der Waals surface area contributed by atoms with Gasteiger partial charge in [0, 0.05) is 17.5 Å². The van der Waals surface area contributed by atoms with Crippen LogP contribution in [0.5, 0.6) is 5.75 Å². The van der Waals surface area contributed by atoms with Gasteiger partial charge in [0.2, 0.25) is 0 Å². The molecule has 2 rings (SSSR count). The molecule has 0 atom stereocenters. The molecule has 1 aromatic carbocycles. The fraction of sp³-hybridized carbons (Fsp3) is 0.154. The first-order valence-electron chi connectivity index (χ1n) is 5.48. The van der Waals surface area contributed by atoms with Gasteiger partial charge in [-0.15, -0.1) is 0 Å². The van der Waals surface area contributed by atoms with E-state index in [-0.39, 0.29) is 5.75 Å². The van der Waals surface area contributed by atoms with Gasteiger partial charge in [-0.05, 0) is 43.3 Å². The van der Waals surface area contributed by atoms with Gasteiger partial charge in [-0.1, -0.05) is 18.2 Å². The van der Waals surface area contributed by atoms with Crippen molar-refractivity contribution >= 4 is 23.0 Å². The second kappa shape index (κ2) is 5.50. The van der Waals surface area contributed by atoms with Crippen molar-refractivity contribution in [2.45, 2.75) is 12.8 Å². The smallest absolute Gasteiger partial charge is 0.175 e. The van der Waals surface area contributed by atoms with Gasteiger partial charge >= 0.3 is 0 Å². The lowest BCUT2D eigenvalue weighted by molar-refractivity contribution is 0.475. The van der Waals surface area contributed by atoms with Crippen molar-refractivity contribution in [2.24, 2.45) is 0 Å². The molecule has 0 heterocycles. The molecule has 3 N–H and O–H groups in total. The molecule has 0 aliphatic heterocycles. The fourth-order valence-electron chi connectivity index (χ4n) is 1.58. The first-order valence-corrected chi connectivity index (χ1v) is 5.88. The minimum absolute atomic E-state index is 0.217. The zero-order valence-corrected chi connectivity index (χ0v) is 10.1. The summed E-state index contributed by atoms with van der Waals surface area (Å²) in [6.45, 7) is 0. The van der Waals surface area contributed by atoms with Crippen LogP contribution in [0.4, 0.5) is 5.69 Å². The summed E-state index contributed by atoms with van der Waals surface area (Å²) in [6.07, 6.45) is 8.35. The van der Waals surface area contributed by atoms with Crippen LogP contribution in [-0.2, 0) is 0 Å². The van der Waals surface area contributed by atoms with Crippen molar-refractivity contribution in [3.05, 3.63) is 48.2 Å². The van der Waals surface area contributed by atoms with Crippen LogP contribution >= 0.6 is 12.2 Å². The Labute approximate surface area is 106 Å². The lowest BCUT2D eigenvalue weighted by Crippen LogP contribution is -2.27. The van der Waals surface area contributed by atoms with E-state index in [2.05, 4.69) is 22.8 Å². The van der Waals surface area contributed by atoms with E-state index in [9.17, 15) is 5.11 Å². The third kappa shape index (κ3) is 3.60. The number of nitrogens with one attached hydrogen (secondary N) is 2. The maximum atomic E-state index is 9.32. The van der Waals surface area contributed by atoms with Crippen LogP contribution in [0.3, 0.4) is 0 Å². The first kappa shape index (κ1) is 11.7. The van der Waals surface area contributed by atoms with Crippen LogP contribution in [0.25, 0.3) is 0 Å². The van der Waals surface area contributed by atoms with Crippen LogP contribution < -0.4 is 10.6 Å². The van der Waals surface area contributed by atoms with Crippen molar-refractivity contribution in [3.63, 3.8) is 0 Å².